The number of hydrogen-bond acceptors (Lipinski definition) is 5. The van der Waals surface area contributed by atoms with Crippen molar-refractivity contribution < 1.29 is 28.3 Å². The lowest BCUT2D eigenvalue weighted by atomic mass is 10.0. The second kappa shape index (κ2) is 8.23. The summed E-state index contributed by atoms with van der Waals surface area (Å²) in [5.74, 6) is -1.07. The number of carbonyl (C=O) groups excluding carboxylic acids is 2. The van der Waals surface area contributed by atoms with Crippen molar-refractivity contribution in [2.24, 2.45) is 0 Å². The van der Waals surface area contributed by atoms with Gasteiger partial charge in [0.2, 0.25) is 0 Å². The molecule has 0 saturated carbocycles. The monoisotopic (exact) mass is 437 g/mol. The Hall–Kier alpha value is -3.65. The van der Waals surface area contributed by atoms with Gasteiger partial charge in [-0.3, -0.25) is 14.5 Å². The van der Waals surface area contributed by atoms with Crippen LogP contribution in [0.15, 0.2) is 63.9 Å². The molecule has 1 aliphatic rings. The van der Waals surface area contributed by atoms with Crippen LogP contribution < -0.4 is 0 Å². The van der Waals surface area contributed by atoms with Crippen LogP contribution in [0.5, 0.6) is 0 Å². The smallest absolute Gasteiger partial charge is 0.335 e. The van der Waals surface area contributed by atoms with E-state index in [2.05, 4.69) is 0 Å². The van der Waals surface area contributed by atoms with Gasteiger partial charge < -0.3 is 9.52 Å². The Morgan fingerprint density at radius 3 is 2.58 bits per heavy atom. The topological polar surface area (TPSA) is 87.8 Å². The van der Waals surface area contributed by atoms with E-state index < -0.39 is 22.9 Å². The summed E-state index contributed by atoms with van der Waals surface area (Å²) < 4.78 is 18.9. The van der Waals surface area contributed by atoms with Gasteiger partial charge >= 0.3 is 5.97 Å². The van der Waals surface area contributed by atoms with Gasteiger partial charge in [0, 0.05) is 11.6 Å². The van der Waals surface area contributed by atoms with E-state index in [0.29, 0.717) is 22.6 Å². The molecule has 1 aromatic heterocycles. The molecule has 0 unspecified atom stereocenters. The molecule has 2 aromatic carbocycles. The Kier molecular flexibility index (Phi) is 5.48. The summed E-state index contributed by atoms with van der Waals surface area (Å²) in [7, 11) is 0. The third-order valence-corrected chi connectivity index (χ3v) is 5.69. The summed E-state index contributed by atoms with van der Waals surface area (Å²) in [6.07, 6.45) is 1.48. The number of halogens is 1. The predicted molar refractivity (Wildman–Crippen MR) is 114 cm³/mol. The van der Waals surface area contributed by atoms with Crippen molar-refractivity contribution in [3.8, 4) is 11.3 Å². The predicted octanol–water partition coefficient (Wildman–Crippen LogP) is 5.33. The van der Waals surface area contributed by atoms with Gasteiger partial charge in [0.25, 0.3) is 11.1 Å². The summed E-state index contributed by atoms with van der Waals surface area (Å²) in [4.78, 5) is 37.5. The van der Waals surface area contributed by atoms with Crippen LogP contribution in [0.25, 0.3) is 17.4 Å². The minimum Gasteiger partial charge on any atom is -0.478 e. The second-order valence-electron chi connectivity index (χ2n) is 6.93. The van der Waals surface area contributed by atoms with Crippen LogP contribution in [-0.4, -0.2) is 27.1 Å². The molecule has 0 bridgehead atoms. The number of imide groups is 1. The van der Waals surface area contributed by atoms with Crippen LogP contribution in [0, 0.1) is 12.7 Å². The largest absolute Gasteiger partial charge is 0.478 e. The first-order chi connectivity index (χ1) is 14.8. The highest BCUT2D eigenvalue weighted by Crippen LogP contribution is 2.34. The number of carboxylic acids is 1. The third kappa shape index (κ3) is 4.29. The van der Waals surface area contributed by atoms with Crippen molar-refractivity contribution in [2.45, 2.75) is 13.5 Å². The zero-order chi connectivity index (χ0) is 22.1. The lowest BCUT2D eigenvalue weighted by Gasteiger charge is -2.12. The highest BCUT2D eigenvalue weighted by Gasteiger charge is 2.35. The molecule has 1 saturated heterocycles. The van der Waals surface area contributed by atoms with Crippen molar-refractivity contribution in [1.82, 2.24) is 4.90 Å². The Morgan fingerprint density at radius 2 is 1.87 bits per heavy atom. The lowest BCUT2D eigenvalue weighted by molar-refractivity contribution is -0.123. The fourth-order valence-corrected chi connectivity index (χ4v) is 3.95. The molecule has 8 heteroatoms. The van der Waals surface area contributed by atoms with Crippen LogP contribution in [0.3, 0.4) is 0 Å². The molecule has 6 nitrogen and oxygen atoms in total. The second-order valence-corrected chi connectivity index (χ2v) is 7.92. The van der Waals surface area contributed by atoms with Gasteiger partial charge in [-0.05, 0) is 66.2 Å². The van der Waals surface area contributed by atoms with Crippen molar-refractivity contribution in [3.05, 3.63) is 87.8 Å². The van der Waals surface area contributed by atoms with Gasteiger partial charge in [0.1, 0.15) is 17.3 Å². The maximum Gasteiger partial charge on any atom is 0.335 e. The first-order valence-corrected chi connectivity index (χ1v) is 10.1. The molecule has 4 rings (SSSR count). The van der Waals surface area contributed by atoms with Crippen LogP contribution >= 0.6 is 11.8 Å². The normalized spacial score (nSPS) is 15.2. The number of thioether (sulfide) groups is 1. The molecule has 0 aliphatic carbocycles. The highest BCUT2D eigenvalue weighted by atomic mass is 32.2. The molecule has 3 aromatic rings. The van der Waals surface area contributed by atoms with Crippen LogP contribution in [0.2, 0.25) is 0 Å². The number of hydrogen-bond donors (Lipinski definition) is 1. The first kappa shape index (κ1) is 20.6. The summed E-state index contributed by atoms with van der Waals surface area (Å²) in [5.41, 5.74) is 2.24. The van der Waals surface area contributed by atoms with Gasteiger partial charge in [-0.25, -0.2) is 9.18 Å². The van der Waals surface area contributed by atoms with E-state index >= 15 is 0 Å². The van der Waals surface area contributed by atoms with Gasteiger partial charge in [0.15, 0.2) is 0 Å². The van der Waals surface area contributed by atoms with Gasteiger partial charge in [-0.1, -0.05) is 18.2 Å². The minimum absolute atomic E-state index is 0.0485. The molecule has 2 heterocycles. The number of benzene rings is 2. The Bertz CT molecular complexity index is 1230. The van der Waals surface area contributed by atoms with Gasteiger partial charge in [0.05, 0.1) is 17.0 Å². The maximum atomic E-state index is 13.1. The van der Waals surface area contributed by atoms with Crippen molar-refractivity contribution in [2.75, 3.05) is 0 Å². The fourth-order valence-electron chi connectivity index (χ4n) is 3.13. The van der Waals surface area contributed by atoms with E-state index in [1.165, 1.54) is 42.5 Å². The average Bonchev–Trinajstić information content (AvgIpc) is 3.30. The van der Waals surface area contributed by atoms with Gasteiger partial charge in [-0.15, -0.1) is 0 Å². The maximum absolute atomic E-state index is 13.1. The molecule has 31 heavy (non-hydrogen) atoms. The first-order valence-electron chi connectivity index (χ1n) is 9.26. The molecule has 1 fully saturated rings. The summed E-state index contributed by atoms with van der Waals surface area (Å²) in [5, 5.41) is 8.79. The standard InChI is InChI=1S/C23H16FNO5S/c1-13-2-5-15(22(27)28)10-18(13)19-9-8-17(30-19)11-20-21(26)25(23(29)31-20)12-14-3-6-16(24)7-4-14/h2-11H,12H2,1H3,(H,27,28)/b20-11+. The Balaban J connectivity index is 1.56. The zero-order valence-electron chi connectivity index (χ0n) is 16.3. The fraction of sp³-hybridized carbons (Fsp3) is 0.0870. The molecule has 1 N–H and O–H groups in total. The average molecular weight is 437 g/mol. The number of amides is 2. The number of rotatable bonds is 5. The molecule has 2 amide bonds. The SMILES string of the molecule is Cc1ccc(C(=O)O)cc1-c1ccc(/C=C2/SC(=O)N(Cc3ccc(F)cc3)C2=O)o1. The quantitative estimate of drug-likeness (QED) is 0.543. The van der Waals surface area contributed by atoms with Crippen LogP contribution in [0.4, 0.5) is 9.18 Å². The lowest BCUT2D eigenvalue weighted by Crippen LogP contribution is -2.27. The van der Waals surface area contributed by atoms with E-state index in [1.807, 2.05) is 6.92 Å². The number of furan rings is 1. The summed E-state index contributed by atoms with van der Waals surface area (Å²) >= 11 is 0.800. The van der Waals surface area contributed by atoms with E-state index in [-0.39, 0.29) is 17.0 Å². The number of aromatic carboxylic acids is 1. The molecule has 0 atom stereocenters. The number of aryl methyl sites for hydroxylation is 1. The van der Waals surface area contributed by atoms with Crippen LogP contribution in [0.1, 0.15) is 27.2 Å². The molecule has 156 valence electrons. The Labute approximate surface area is 181 Å². The van der Waals surface area contributed by atoms with E-state index in [4.69, 9.17) is 4.42 Å². The van der Waals surface area contributed by atoms with Crippen molar-refractivity contribution >= 4 is 35.0 Å². The van der Waals surface area contributed by atoms with E-state index in [1.54, 1.807) is 18.2 Å². The van der Waals surface area contributed by atoms with Crippen molar-refractivity contribution in [1.29, 1.82) is 0 Å². The summed E-state index contributed by atoms with van der Waals surface area (Å²) in [6, 6.07) is 13.7. The van der Waals surface area contributed by atoms with Gasteiger partial charge in [-0.2, -0.15) is 0 Å². The highest BCUT2D eigenvalue weighted by molar-refractivity contribution is 8.18. The van der Waals surface area contributed by atoms with E-state index in [0.717, 1.165) is 22.2 Å². The van der Waals surface area contributed by atoms with Crippen LogP contribution in [-0.2, 0) is 11.3 Å². The van der Waals surface area contributed by atoms with Crippen molar-refractivity contribution in [3.63, 3.8) is 0 Å². The number of carbonyl (C=O) groups is 3. The molecular formula is C23H16FNO5S. The number of carboxylic acid groups (broad SMARTS) is 1. The summed E-state index contributed by atoms with van der Waals surface area (Å²) in [6.45, 7) is 1.89. The Morgan fingerprint density at radius 1 is 1.13 bits per heavy atom. The molecule has 0 spiro atoms. The third-order valence-electron chi connectivity index (χ3n) is 4.78. The molecule has 1 aliphatic heterocycles. The van der Waals surface area contributed by atoms with E-state index in [9.17, 15) is 23.9 Å². The zero-order valence-corrected chi connectivity index (χ0v) is 17.1. The minimum atomic E-state index is -1.04. The molecule has 0 radical (unpaired) electrons. The number of nitrogens with zero attached hydrogens (tertiary/aromatic N) is 1. The molecular weight excluding hydrogens is 421 g/mol.